The topological polar surface area (TPSA) is 120 Å². The number of nitrogens with zero attached hydrogens (tertiary/aromatic N) is 4. The number of aryl methyl sites for hydroxylation is 4. The van der Waals surface area contributed by atoms with E-state index in [1.54, 1.807) is 0 Å². The molecule has 8 nitrogen and oxygen atoms in total. The first-order valence-corrected chi connectivity index (χ1v) is 17.1. The summed E-state index contributed by atoms with van der Waals surface area (Å²) in [5, 5.41) is 7.58. The van der Waals surface area contributed by atoms with Gasteiger partial charge in [-0.05, 0) is 39.8 Å². The van der Waals surface area contributed by atoms with Crippen molar-refractivity contribution in [1.29, 1.82) is 0 Å². The fourth-order valence-electron chi connectivity index (χ4n) is 6.02. The molecular formula is C30H14N4O4S5. The molecule has 10 rings (SSSR count). The third-order valence-electron chi connectivity index (χ3n) is 7.71. The van der Waals surface area contributed by atoms with E-state index in [4.69, 9.17) is 0 Å². The molecule has 0 N–H and O–H groups in total. The van der Waals surface area contributed by atoms with Gasteiger partial charge in [0.25, 0.3) is 0 Å². The molecule has 5 heterocycles. The van der Waals surface area contributed by atoms with Crippen LogP contribution in [0.1, 0.15) is 20.0 Å². The number of thiazole rings is 4. The predicted molar refractivity (Wildman–Crippen MR) is 182 cm³/mol. The predicted octanol–water partition coefficient (Wildman–Crippen LogP) is 6.91. The summed E-state index contributed by atoms with van der Waals surface area (Å²) in [6.45, 7) is 7.57. The molecule has 43 heavy (non-hydrogen) atoms. The Hall–Kier alpha value is -3.88. The number of hydrogen-bond donors (Lipinski definition) is 0. The molecular weight excluding hydrogens is 641 g/mol. The highest BCUT2D eigenvalue weighted by atomic mass is 32.1. The van der Waals surface area contributed by atoms with E-state index in [2.05, 4.69) is 19.9 Å². The van der Waals surface area contributed by atoms with Crippen LogP contribution in [0, 0.1) is 27.7 Å². The van der Waals surface area contributed by atoms with Crippen LogP contribution in [-0.4, -0.2) is 19.9 Å². The molecule has 0 saturated heterocycles. The van der Waals surface area contributed by atoms with Crippen molar-refractivity contribution in [2.45, 2.75) is 27.7 Å². The van der Waals surface area contributed by atoms with E-state index in [0.717, 1.165) is 59.0 Å². The van der Waals surface area contributed by atoms with Crippen LogP contribution in [0.4, 0.5) is 0 Å². The summed E-state index contributed by atoms with van der Waals surface area (Å²) >= 11 is 7.58. The first-order chi connectivity index (χ1) is 20.6. The molecule has 0 fully saturated rings. The zero-order valence-corrected chi connectivity index (χ0v) is 26.7. The van der Waals surface area contributed by atoms with Crippen LogP contribution in [0.5, 0.6) is 0 Å². The first-order valence-electron chi connectivity index (χ1n) is 13.1. The average Bonchev–Trinajstić information content (AvgIpc) is 3.82. The van der Waals surface area contributed by atoms with Crippen molar-refractivity contribution < 1.29 is 0 Å². The van der Waals surface area contributed by atoms with Crippen LogP contribution in [0.15, 0.2) is 31.3 Å². The summed E-state index contributed by atoms with van der Waals surface area (Å²) in [7, 11) is 0. The number of thiophene rings is 1. The normalized spacial score (nSPS) is 12.6. The molecule has 5 aromatic carbocycles. The molecule has 0 amide bonds. The Balaban J connectivity index is 0.000000121. The van der Waals surface area contributed by atoms with Gasteiger partial charge in [0, 0.05) is 21.5 Å². The Labute approximate surface area is 258 Å². The third kappa shape index (κ3) is 3.23. The van der Waals surface area contributed by atoms with Crippen molar-refractivity contribution in [3.63, 3.8) is 0 Å². The van der Waals surface area contributed by atoms with E-state index in [9.17, 15) is 19.2 Å². The van der Waals surface area contributed by atoms with Gasteiger partial charge < -0.3 is 0 Å². The SMILES string of the molecule is Cc1nc2c(=O)c3c(sc4c5sc(C)nc5c(=O)c43)c2s1.Cc1nc2c(=O)c3cc4c(cc3c2s1)c(=O)c1nc(C)sc14. The van der Waals surface area contributed by atoms with Crippen LogP contribution in [0.2, 0.25) is 0 Å². The standard InChI is InChI=1S/C16H8N2O2S2.C14H6N2O2S3/c1-5-17-11-13(19)7-4-10-8(3-9(7)15(11)21-5)14(20)12-16(10)22-6(2)18-12;1-3-15-7-9(17)5-6-10(18)8-14(20-4(2)16-8)12(6)21-11(5)13(7)19-3/h3-4H,1-2H3;1-2H3. The Bertz CT molecular complexity index is 2840. The third-order valence-corrected chi connectivity index (χ3v) is 13.2. The van der Waals surface area contributed by atoms with Gasteiger partial charge in [-0.1, -0.05) is 0 Å². The van der Waals surface area contributed by atoms with Gasteiger partial charge in [0.1, 0.15) is 22.1 Å². The second kappa shape index (κ2) is 8.39. The Morgan fingerprint density at radius 1 is 0.395 bits per heavy atom. The molecule has 0 atom stereocenters. The highest BCUT2D eigenvalue weighted by molar-refractivity contribution is 7.34. The molecule has 10 aromatic rings. The molecule has 13 heteroatoms. The number of rotatable bonds is 0. The van der Waals surface area contributed by atoms with Gasteiger partial charge >= 0.3 is 0 Å². The number of hydrogen-bond acceptors (Lipinski definition) is 13. The summed E-state index contributed by atoms with van der Waals surface area (Å²) in [6.07, 6.45) is 0. The van der Waals surface area contributed by atoms with Crippen LogP contribution >= 0.6 is 56.7 Å². The minimum atomic E-state index is -0.109. The maximum absolute atomic E-state index is 12.6. The van der Waals surface area contributed by atoms with Crippen LogP contribution < -0.4 is 21.7 Å². The van der Waals surface area contributed by atoms with Gasteiger partial charge in [0.2, 0.25) is 21.7 Å². The molecule has 0 bridgehead atoms. The minimum absolute atomic E-state index is 0.0423. The summed E-state index contributed by atoms with van der Waals surface area (Å²) in [5.74, 6) is 0. The van der Waals surface area contributed by atoms with Crippen LogP contribution in [0.3, 0.4) is 0 Å². The fourth-order valence-corrected chi connectivity index (χ4v) is 11.3. The number of benzene rings is 1. The summed E-state index contributed by atoms with van der Waals surface area (Å²) in [5.41, 5.74) is 1.76. The largest absolute Gasteiger partial charge is 0.287 e. The van der Waals surface area contributed by atoms with Crippen molar-refractivity contribution in [2.24, 2.45) is 0 Å². The van der Waals surface area contributed by atoms with Crippen LogP contribution in [0.25, 0.3) is 82.6 Å². The first kappa shape index (κ1) is 25.6. The smallest absolute Gasteiger partial charge is 0.215 e. The molecule has 0 radical (unpaired) electrons. The molecule has 0 unspecified atom stereocenters. The lowest BCUT2D eigenvalue weighted by Gasteiger charge is -1.92. The van der Waals surface area contributed by atoms with E-state index in [0.29, 0.717) is 43.6 Å². The zero-order valence-electron chi connectivity index (χ0n) is 22.6. The maximum atomic E-state index is 12.6. The summed E-state index contributed by atoms with van der Waals surface area (Å²) in [6, 6.07) is 3.69. The quantitative estimate of drug-likeness (QED) is 0.173. The van der Waals surface area contributed by atoms with Crippen LogP contribution in [-0.2, 0) is 0 Å². The van der Waals surface area contributed by atoms with Gasteiger partial charge in [-0.25, -0.2) is 19.9 Å². The average molecular weight is 655 g/mol. The number of fused-ring (bicyclic) bond motifs is 13. The second-order valence-corrected chi connectivity index (χ2v) is 16.2. The Kier molecular flexibility index (Phi) is 5.00. The fraction of sp³-hybridized carbons (Fsp3) is 0.133. The van der Waals surface area contributed by atoms with Crippen molar-refractivity contribution in [1.82, 2.24) is 19.9 Å². The lowest BCUT2D eigenvalue weighted by molar-refractivity contribution is 1.34. The molecule has 5 aromatic heterocycles. The zero-order chi connectivity index (χ0) is 29.6. The minimum Gasteiger partial charge on any atom is -0.287 e. The summed E-state index contributed by atoms with van der Waals surface area (Å²) < 4.78 is 5.43. The summed E-state index contributed by atoms with van der Waals surface area (Å²) in [4.78, 5) is 67.6. The van der Waals surface area contributed by atoms with E-state index < -0.39 is 0 Å². The van der Waals surface area contributed by atoms with E-state index in [-0.39, 0.29) is 21.7 Å². The lowest BCUT2D eigenvalue weighted by atomic mass is 10.1. The Morgan fingerprint density at radius 2 is 0.721 bits per heavy atom. The van der Waals surface area contributed by atoms with E-state index in [1.807, 2.05) is 39.8 Å². The Morgan fingerprint density at radius 3 is 1.09 bits per heavy atom. The highest BCUT2D eigenvalue weighted by Crippen LogP contribution is 2.43. The van der Waals surface area contributed by atoms with Gasteiger partial charge in [0.15, 0.2) is 0 Å². The number of aromatic nitrogens is 4. The van der Waals surface area contributed by atoms with E-state index in [1.165, 1.54) is 56.7 Å². The second-order valence-electron chi connectivity index (χ2n) is 10.4. The molecule has 208 valence electrons. The molecule has 0 aliphatic carbocycles. The molecule has 0 spiro atoms. The van der Waals surface area contributed by atoms with Gasteiger partial charge in [-0.3, -0.25) is 19.2 Å². The molecule has 0 aliphatic heterocycles. The molecule has 0 saturated carbocycles. The van der Waals surface area contributed by atoms with Crippen molar-refractivity contribution in [3.8, 4) is 0 Å². The van der Waals surface area contributed by atoms with Gasteiger partial charge in [-0.15, -0.1) is 56.7 Å². The van der Waals surface area contributed by atoms with Crippen molar-refractivity contribution >= 4 is 139 Å². The van der Waals surface area contributed by atoms with Crippen molar-refractivity contribution in [3.05, 3.63) is 73.1 Å². The molecule has 0 aliphatic rings. The lowest BCUT2D eigenvalue weighted by Crippen LogP contribution is -2.00. The van der Waals surface area contributed by atoms with Gasteiger partial charge in [0.05, 0.1) is 59.0 Å². The maximum Gasteiger partial charge on any atom is 0.215 e. The van der Waals surface area contributed by atoms with Gasteiger partial charge in [-0.2, -0.15) is 0 Å². The van der Waals surface area contributed by atoms with E-state index >= 15 is 0 Å². The van der Waals surface area contributed by atoms with Crippen molar-refractivity contribution in [2.75, 3.05) is 0 Å². The monoisotopic (exact) mass is 654 g/mol. The highest BCUT2D eigenvalue weighted by Gasteiger charge is 2.26.